The normalized spacial score (nSPS) is 21.5. The van der Waals surface area contributed by atoms with Gasteiger partial charge in [-0.2, -0.15) is 0 Å². The van der Waals surface area contributed by atoms with E-state index in [4.69, 9.17) is 9.84 Å². The fourth-order valence-corrected chi connectivity index (χ4v) is 2.69. The van der Waals surface area contributed by atoms with Crippen molar-refractivity contribution in [1.82, 2.24) is 5.32 Å². The number of carbonyl (C=O) groups excluding carboxylic acids is 1. The number of carbonyl (C=O) groups is 2. The monoisotopic (exact) mass is 277 g/mol. The Labute approximate surface area is 117 Å². The number of aryl methyl sites for hydroxylation is 1. The van der Waals surface area contributed by atoms with E-state index in [0.717, 1.165) is 18.4 Å². The third-order valence-corrected chi connectivity index (χ3v) is 3.83. The van der Waals surface area contributed by atoms with E-state index in [9.17, 15) is 9.59 Å². The molecule has 20 heavy (non-hydrogen) atoms. The van der Waals surface area contributed by atoms with Crippen LogP contribution in [0.15, 0.2) is 18.2 Å². The first-order valence-corrected chi connectivity index (χ1v) is 6.71. The van der Waals surface area contributed by atoms with Crippen molar-refractivity contribution in [2.45, 2.75) is 32.2 Å². The van der Waals surface area contributed by atoms with Gasteiger partial charge in [0.25, 0.3) is 5.91 Å². The maximum absolute atomic E-state index is 12.2. The molecule has 0 heterocycles. The predicted octanol–water partition coefficient (Wildman–Crippen LogP) is 1.99. The first-order chi connectivity index (χ1) is 9.52. The quantitative estimate of drug-likeness (QED) is 0.882. The third-order valence-electron chi connectivity index (χ3n) is 3.83. The number of rotatable bonds is 4. The molecule has 0 bridgehead atoms. The summed E-state index contributed by atoms with van der Waals surface area (Å²) in [6.45, 7) is 1.83. The Kier molecular flexibility index (Phi) is 4.27. The molecule has 1 amide bonds. The standard InChI is InChI=1S/C15H19NO4/c1-9-8-10(20-2)6-7-11(9)14(17)16-13-5-3-4-12(13)15(18)19/h6-8,12-13H,3-5H2,1-2H3,(H,16,17)(H,18,19)/t12-,13+/m0/s1. The molecule has 1 aromatic carbocycles. The molecule has 2 N–H and O–H groups in total. The minimum Gasteiger partial charge on any atom is -0.497 e. The number of hydrogen-bond acceptors (Lipinski definition) is 3. The largest absolute Gasteiger partial charge is 0.497 e. The summed E-state index contributed by atoms with van der Waals surface area (Å²) in [7, 11) is 1.57. The van der Waals surface area contributed by atoms with E-state index in [1.165, 1.54) is 0 Å². The van der Waals surface area contributed by atoms with E-state index >= 15 is 0 Å². The van der Waals surface area contributed by atoms with Gasteiger partial charge in [-0.15, -0.1) is 0 Å². The van der Waals surface area contributed by atoms with Gasteiger partial charge in [0.05, 0.1) is 13.0 Å². The van der Waals surface area contributed by atoms with E-state index in [1.807, 2.05) is 6.92 Å². The van der Waals surface area contributed by atoms with Crippen LogP contribution in [0.3, 0.4) is 0 Å². The van der Waals surface area contributed by atoms with Crippen LogP contribution in [-0.2, 0) is 4.79 Å². The van der Waals surface area contributed by atoms with Gasteiger partial charge in [0.15, 0.2) is 0 Å². The molecule has 2 atom stereocenters. The summed E-state index contributed by atoms with van der Waals surface area (Å²) in [6, 6.07) is 4.94. The van der Waals surface area contributed by atoms with Crippen molar-refractivity contribution in [2.24, 2.45) is 5.92 Å². The van der Waals surface area contributed by atoms with E-state index in [-0.39, 0.29) is 11.9 Å². The van der Waals surface area contributed by atoms with Crippen LogP contribution < -0.4 is 10.1 Å². The average molecular weight is 277 g/mol. The number of methoxy groups -OCH3 is 1. The molecule has 1 saturated carbocycles. The van der Waals surface area contributed by atoms with Crippen LogP contribution in [0.1, 0.15) is 35.2 Å². The Morgan fingerprint density at radius 1 is 1.35 bits per heavy atom. The van der Waals surface area contributed by atoms with Gasteiger partial charge < -0.3 is 15.2 Å². The zero-order valence-electron chi connectivity index (χ0n) is 11.7. The van der Waals surface area contributed by atoms with Crippen LogP contribution in [0.2, 0.25) is 0 Å². The number of hydrogen-bond donors (Lipinski definition) is 2. The van der Waals surface area contributed by atoms with Crippen molar-refractivity contribution in [3.05, 3.63) is 29.3 Å². The van der Waals surface area contributed by atoms with Crippen LogP contribution in [0.4, 0.5) is 0 Å². The van der Waals surface area contributed by atoms with E-state index in [2.05, 4.69) is 5.32 Å². The van der Waals surface area contributed by atoms with Gasteiger partial charge in [0, 0.05) is 11.6 Å². The van der Waals surface area contributed by atoms with Gasteiger partial charge in [-0.25, -0.2) is 0 Å². The molecule has 1 aliphatic carbocycles. The molecule has 5 nitrogen and oxygen atoms in total. The number of nitrogens with one attached hydrogen (secondary N) is 1. The van der Waals surface area contributed by atoms with E-state index in [0.29, 0.717) is 17.7 Å². The van der Waals surface area contributed by atoms with Crippen molar-refractivity contribution in [2.75, 3.05) is 7.11 Å². The van der Waals surface area contributed by atoms with Crippen LogP contribution >= 0.6 is 0 Å². The number of benzene rings is 1. The Morgan fingerprint density at radius 3 is 2.70 bits per heavy atom. The number of carboxylic acid groups (broad SMARTS) is 1. The first kappa shape index (κ1) is 14.4. The Hall–Kier alpha value is -2.04. The highest BCUT2D eigenvalue weighted by atomic mass is 16.5. The highest BCUT2D eigenvalue weighted by Gasteiger charge is 2.34. The zero-order chi connectivity index (χ0) is 14.7. The summed E-state index contributed by atoms with van der Waals surface area (Å²) in [6.07, 6.45) is 2.18. The maximum Gasteiger partial charge on any atom is 0.308 e. The van der Waals surface area contributed by atoms with Crippen molar-refractivity contribution in [3.63, 3.8) is 0 Å². The first-order valence-electron chi connectivity index (χ1n) is 6.71. The number of amides is 1. The van der Waals surface area contributed by atoms with Crippen molar-refractivity contribution < 1.29 is 19.4 Å². The van der Waals surface area contributed by atoms with Crippen molar-refractivity contribution >= 4 is 11.9 Å². The molecule has 0 radical (unpaired) electrons. The molecule has 0 unspecified atom stereocenters. The Balaban J connectivity index is 2.10. The fourth-order valence-electron chi connectivity index (χ4n) is 2.69. The molecule has 0 spiro atoms. The second-order valence-electron chi connectivity index (χ2n) is 5.14. The third kappa shape index (κ3) is 2.92. The summed E-state index contributed by atoms with van der Waals surface area (Å²) in [5.41, 5.74) is 1.37. The van der Waals surface area contributed by atoms with Gasteiger partial charge in [-0.3, -0.25) is 9.59 Å². The molecule has 1 aliphatic rings. The lowest BCUT2D eigenvalue weighted by atomic mass is 10.0. The minimum atomic E-state index is -0.834. The molecule has 2 rings (SSSR count). The van der Waals surface area contributed by atoms with Gasteiger partial charge >= 0.3 is 5.97 Å². The lowest BCUT2D eigenvalue weighted by Crippen LogP contribution is -2.40. The highest BCUT2D eigenvalue weighted by Crippen LogP contribution is 2.26. The molecule has 0 aromatic heterocycles. The van der Waals surface area contributed by atoms with E-state index < -0.39 is 11.9 Å². The molecule has 1 fully saturated rings. The van der Waals surface area contributed by atoms with Crippen LogP contribution in [0, 0.1) is 12.8 Å². The van der Waals surface area contributed by atoms with Crippen molar-refractivity contribution in [3.8, 4) is 5.75 Å². The predicted molar refractivity (Wildman–Crippen MR) is 74.0 cm³/mol. The molecule has 1 aromatic rings. The number of carboxylic acids is 1. The van der Waals surface area contributed by atoms with Gasteiger partial charge in [0.2, 0.25) is 0 Å². The van der Waals surface area contributed by atoms with Crippen LogP contribution in [0.5, 0.6) is 5.75 Å². The summed E-state index contributed by atoms with van der Waals surface area (Å²) in [4.78, 5) is 23.4. The van der Waals surface area contributed by atoms with E-state index in [1.54, 1.807) is 25.3 Å². The van der Waals surface area contributed by atoms with Gasteiger partial charge in [-0.05, 0) is 43.5 Å². The smallest absolute Gasteiger partial charge is 0.308 e. The Morgan fingerprint density at radius 2 is 2.10 bits per heavy atom. The Bertz CT molecular complexity index is 527. The number of ether oxygens (including phenoxy) is 1. The van der Waals surface area contributed by atoms with Gasteiger partial charge in [0.1, 0.15) is 5.75 Å². The summed E-state index contributed by atoms with van der Waals surface area (Å²) in [5.74, 6) is -0.830. The second-order valence-corrected chi connectivity index (χ2v) is 5.14. The summed E-state index contributed by atoms with van der Waals surface area (Å²) in [5, 5.41) is 12.0. The average Bonchev–Trinajstić information content (AvgIpc) is 2.86. The summed E-state index contributed by atoms with van der Waals surface area (Å²) < 4.78 is 5.10. The molecular formula is C15H19NO4. The fraction of sp³-hybridized carbons (Fsp3) is 0.467. The molecule has 5 heteroatoms. The molecule has 0 aliphatic heterocycles. The SMILES string of the molecule is COc1ccc(C(=O)N[C@@H]2CCC[C@@H]2C(=O)O)c(C)c1. The lowest BCUT2D eigenvalue weighted by molar-refractivity contribution is -0.142. The molecule has 108 valence electrons. The topological polar surface area (TPSA) is 75.6 Å². The van der Waals surface area contributed by atoms with Gasteiger partial charge in [-0.1, -0.05) is 6.42 Å². The van der Waals surface area contributed by atoms with Crippen LogP contribution in [-0.4, -0.2) is 30.1 Å². The number of aliphatic carboxylic acids is 1. The molecule has 0 saturated heterocycles. The van der Waals surface area contributed by atoms with Crippen LogP contribution in [0.25, 0.3) is 0 Å². The molecular weight excluding hydrogens is 258 g/mol. The lowest BCUT2D eigenvalue weighted by Gasteiger charge is -2.18. The minimum absolute atomic E-state index is 0.219. The zero-order valence-corrected chi connectivity index (χ0v) is 11.7. The highest BCUT2D eigenvalue weighted by molar-refractivity contribution is 5.96. The summed E-state index contributed by atoms with van der Waals surface area (Å²) >= 11 is 0. The van der Waals surface area contributed by atoms with Crippen molar-refractivity contribution in [1.29, 1.82) is 0 Å². The second kappa shape index (κ2) is 5.94. The maximum atomic E-state index is 12.2.